The molecule has 1 unspecified atom stereocenters. The van der Waals surface area contributed by atoms with Crippen LogP contribution in [0.25, 0.3) is 0 Å². The maximum absolute atomic E-state index is 12.0. The summed E-state index contributed by atoms with van der Waals surface area (Å²) >= 11 is 0. The summed E-state index contributed by atoms with van der Waals surface area (Å²) in [5.74, 6) is 1.16. The molecule has 7 atom stereocenters. The minimum Gasteiger partial charge on any atom is -0.463 e. The highest BCUT2D eigenvalue weighted by Gasteiger charge is 2.59. The molecular weight excluding hydrogens is 320 g/mol. The molecular formula is C20H30O5. The monoisotopic (exact) mass is 350 g/mol. The van der Waals surface area contributed by atoms with E-state index in [9.17, 15) is 14.4 Å². The van der Waals surface area contributed by atoms with Gasteiger partial charge in [0.15, 0.2) is 0 Å². The molecule has 0 N–H and O–H groups in total. The Morgan fingerprint density at radius 3 is 2.48 bits per heavy atom. The predicted molar refractivity (Wildman–Crippen MR) is 91.6 cm³/mol. The second-order valence-corrected chi connectivity index (χ2v) is 8.57. The lowest BCUT2D eigenvalue weighted by Crippen LogP contribution is -2.53. The fourth-order valence-corrected chi connectivity index (χ4v) is 6.31. The zero-order valence-electron chi connectivity index (χ0n) is 15.7. The third kappa shape index (κ3) is 3.34. The molecule has 0 amide bonds. The molecule has 3 aliphatic rings. The van der Waals surface area contributed by atoms with Crippen molar-refractivity contribution in [2.45, 2.75) is 78.4 Å². The smallest absolute Gasteiger partial charge is 0.302 e. The summed E-state index contributed by atoms with van der Waals surface area (Å²) in [6.07, 6.45) is 4.65. The predicted octanol–water partition coefficient (Wildman–Crippen LogP) is 3.29. The normalized spacial score (nSPS) is 41.4. The molecule has 0 radical (unpaired) electrons. The Kier molecular flexibility index (Phi) is 4.95. The maximum Gasteiger partial charge on any atom is 0.302 e. The van der Waals surface area contributed by atoms with Crippen LogP contribution in [-0.2, 0) is 23.9 Å². The largest absolute Gasteiger partial charge is 0.463 e. The molecule has 0 aromatic rings. The second-order valence-electron chi connectivity index (χ2n) is 8.57. The van der Waals surface area contributed by atoms with Gasteiger partial charge in [-0.1, -0.05) is 6.92 Å². The summed E-state index contributed by atoms with van der Waals surface area (Å²) in [7, 11) is 0. The number of carbonyl (C=O) groups is 3. The Balaban J connectivity index is 1.88. The molecule has 0 spiro atoms. The first-order chi connectivity index (χ1) is 11.7. The summed E-state index contributed by atoms with van der Waals surface area (Å²) in [6.45, 7) is 7.16. The third-order valence-electron chi connectivity index (χ3n) is 7.12. The van der Waals surface area contributed by atoms with Crippen LogP contribution in [0.3, 0.4) is 0 Å². The van der Waals surface area contributed by atoms with E-state index in [-0.39, 0.29) is 41.4 Å². The number of hydrogen-bond donors (Lipinski definition) is 0. The lowest BCUT2D eigenvalue weighted by Gasteiger charge is -2.53. The Morgan fingerprint density at radius 2 is 1.84 bits per heavy atom. The van der Waals surface area contributed by atoms with Gasteiger partial charge in [0.2, 0.25) is 0 Å². The van der Waals surface area contributed by atoms with Crippen molar-refractivity contribution in [3.8, 4) is 0 Å². The van der Waals surface area contributed by atoms with Crippen LogP contribution in [0, 0.1) is 29.1 Å². The zero-order valence-corrected chi connectivity index (χ0v) is 15.7. The van der Waals surface area contributed by atoms with E-state index in [2.05, 4.69) is 6.92 Å². The molecule has 3 saturated carbocycles. The molecule has 140 valence electrons. The number of ether oxygens (including phenoxy) is 2. The van der Waals surface area contributed by atoms with Gasteiger partial charge in [0.05, 0.1) is 0 Å². The first-order valence-corrected chi connectivity index (χ1v) is 9.58. The standard InChI is InChI=1S/C20H30O5/c1-11(24-12(2)21)17-7-8-18-15-6-5-14(23)9-16(15)19(25-13(3)22)10-20(17,18)4/h11,15-19H,5-10H2,1-4H3/t11?,15-,16-,17-,18+,19-,20-/m1/s1. The molecule has 5 nitrogen and oxygen atoms in total. The van der Waals surface area contributed by atoms with Crippen molar-refractivity contribution in [1.82, 2.24) is 0 Å². The van der Waals surface area contributed by atoms with E-state index in [1.165, 1.54) is 13.8 Å². The van der Waals surface area contributed by atoms with Gasteiger partial charge in [-0.2, -0.15) is 0 Å². The fourth-order valence-electron chi connectivity index (χ4n) is 6.31. The first-order valence-electron chi connectivity index (χ1n) is 9.58. The average Bonchev–Trinajstić information content (AvgIpc) is 2.83. The van der Waals surface area contributed by atoms with Crippen LogP contribution in [0.5, 0.6) is 0 Å². The van der Waals surface area contributed by atoms with E-state index in [4.69, 9.17) is 9.47 Å². The maximum atomic E-state index is 12.0. The third-order valence-corrected chi connectivity index (χ3v) is 7.12. The lowest BCUT2D eigenvalue weighted by atomic mass is 9.53. The van der Waals surface area contributed by atoms with Gasteiger partial charge in [0, 0.05) is 38.5 Å². The van der Waals surface area contributed by atoms with Crippen LogP contribution in [0.15, 0.2) is 0 Å². The minimum absolute atomic E-state index is 0.0173. The van der Waals surface area contributed by atoms with Crippen LogP contribution in [0.1, 0.15) is 66.2 Å². The number of rotatable bonds is 3. The Morgan fingerprint density at radius 1 is 1.12 bits per heavy atom. The fraction of sp³-hybridized carbons (Fsp3) is 0.850. The summed E-state index contributed by atoms with van der Waals surface area (Å²) in [4.78, 5) is 35.1. The molecule has 0 saturated heterocycles. The van der Waals surface area contributed by atoms with E-state index in [0.717, 1.165) is 25.7 Å². The molecule has 0 aliphatic heterocycles. The number of ketones is 1. The van der Waals surface area contributed by atoms with Crippen LogP contribution >= 0.6 is 0 Å². The Labute approximate surface area is 149 Å². The van der Waals surface area contributed by atoms with Crippen LogP contribution in [0.2, 0.25) is 0 Å². The highest BCUT2D eigenvalue weighted by Crippen LogP contribution is 2.62. The SMILES string of the molecule is CC(=O)OC(C)[C@H]1CC[C@H]2[C@@H]3CCC(=O)C[C@H]3[C@H](OC(C)=O)C[C@]12C. The van der Waals surface area contributed by atoms with Crippen LogP contribution < -0.4 is 0 Å². The molecule has 3 fully saturated rings. The molecule has 0 bridgehead atoms. The highest BCUT2D eigenvalue weighted by molar-refractivity contribution is 5.79. The topological polar surface area (TPSA) is 69.7 Å². The molecule has 5 heteroatoms. The molecule has 25 heavy (non-hydrogen) atoms. The number of fused-ring (bicyclic) bond motifs is 3. The van der Waals surface area contributed by atoms with Gasteiger partial charge in [-0.15, -0.1) is 0 Å². The van der Waals surface area contributed by atoms with Crippen molar-refractivity contribution >= 4 is 17.7 Å². The lowest BCUT2D eigenvalue weighted by molar-refractivity contribution is -0.171. The molecule has 0 aromatic carbocycles. The molecule has 0 heterocycles. The summed E-state index contributed by atoms with van der Waals surface area (Å²) < 4.78 is 11.2. The van der Waals surface area contributed by atoms with Gasteiger partial charge in [-0.05, 0) is 49.9 Å². The minimum atomic E-state index is -0.272. The van der Waals surface area contributed by atoms with Gasteiger partial charge in [-0.3, -0.25) is 14.4 Å². The van der Waals surface area contributed by atoms with Crippen molar-refractivity contribution in [3.63, 3.8) is 0 Å². The van der Waals surface area contributed by atoms with E-state index < -0.39 is 0 Å². The highest BCUT2D eigenvalue weighted by atomic mass is 16.5. The first kappa shape index (κ1) is 18.4. The van der Waals surface area contributed by atoms with Crippen LogP contribution in [-0.4, -0.2) is 29.9 Å². The van der Waals surface area contributed by atoms with E-state index in [1.807, 2.05) is 6.92 Å². The number of hydrogen-bond acceptors (Lipinski definition) is 5. The number of esters is 2. The van der Waals surface area contributed by atoms with Gasteiger partial charge < -0.3 is 9.47 Å². The van der Waals surface area contributed by atoms with Gasteiger partial charge >= 0.3 is 11.9 Å². The van der Waals surface area contributed by atoms with Gasteiger partial charge in [0.25, 0.3) is 0 Å². The van der Waals surface area contributed by atoms with Gasteiger partial charge in [0.1, 0.15) is 18.0 Å². The zero-order chi connectivity index (χ0) is 18.4. The van der Waals surface area contributed by atoms with Crippen LogP contribution in [0.4, 0.5) is 0 Å². The summed E-state index contributed by atoms with van der Waals surface area (Å²) in [5, 5.41) is 0. The average molecular weight is 350 g/mol. The quantitative estimate of drug-likeness (QED) is 0.731. The van der Waals surface area contributed by atoms with Crippen molar-refractivity contribution in [1.29, 1.82) is 0 Å². The van der Waals surface area contributed by atoms with E-state index in [0.29, 0.717) is 30.5 Å². The van der Waals surface area contributed by atoms with Gasteiger partial charge in [-0.25, -0.2) is 0 Å². The van der Waals surface area contributed by atoms with Crippen molar-refractivity contribution < 1.29 is 23.9 Å². The van der Waals surface area contributed by atoms with E-state index >= 15 is 0 Å². The second kappa shape index (κ2) is 6.73. The van der Waals surface area contributed by atoms with E-state index in [1.54, 1.807) is 0 Å². The molecule has 0 aromatic heterocycles. The number of carbonyl (C=O) groups excluding carboxylic acids is 3. The Hall–Kier alpha value is -1.39. The molecule has 3 aliphatic carbocycles. The Bertz CT molecular complexity index is 570. The van der Waals surface area contributed by atoms with Crippen molar-refractivity contribution in [3.05, 3.63) is 0 Å². The summed E-state index contributed by atoms with van der Waals surface area (Å²) in [6, 6.07) is 0. The summed E-state index contributed by atoms with van der Waals surface area (Å²) in [5.41, 5.74) is -0.0173. The van der Waals surface area contributed by atoms with Crippen molar-refractivity contribution in [2.24, 2.45) is 29.1 Å². The number of Topliss-reactive ketones (excluding diaryl/α,β-unsaturated/α-hetero) is 1. The molecule has 3 rings (SSSR count). The van der Waals surface area contributed by atoms with Crippen molar-refractivity contribution in [2.75, 3.05) is 0 Å².